The van der Waals surface area contributed by atoms with Crippen LogP contribution in [0, 0.1) is 12.3 Å². The van der Waals surface area contributed by atoms with Crippen molar-refractivity contribution in [2.75, 3.05) is 11.9 Å². The number of carbonyl (C=O) groups excluding carboxylic acids is 1. The molecule has 0 saturated heterocycles. The highest BCUT2D eigenvalue weighted by atomic mass is 19.4. The Morgan fingerprint density at radius 2 is 2.08 bits per heavy atom. The highest BCUT2D eigenvalue weighted by molar-refractivity contribution is 5.99. The molecular formula is C16H15F3N4O. The Bertz CT molecular complexity index is 746. The second-order valence-electron chi connectivity index (χ2n) is 4.87. The van der Waals surface area contributed by atoms with Gasteiger partial charge in [-0.2, -0.15) is 13.2 Å². The van der Waals surface area contributed by atoms with E-state index in [-0.39, 0.29) is 24.8 Å². The van der Waals surface area contributed by atoms with Gasteiger partial charge in [0.1, 0.15) is 12.4 Å². The maximum absolute atomic E-state index is 12.5. The number of imidazole rings is 1. The van der Waals surface area contributed by atoms with Crippen LogP contribution in [0.5, 0.6) is 0 Å². The molecule has 0 aliphatic rings. The summed E-state index contributed by atoms with van der Waals surface area (Å²) >= 11 is 0. The van der Waals surface area contributed by atoms with Crippen molar-refractivity contribution in [1.82, 2.24) is 14.9 Å². The fourth-order valence-corrected chi connectivity index (χ4v) is 2.08. The number of para-hydroxylation sites is 1. The summed E-state index contributed by atoms with van der Waals surface area (Å²) in [7, 11) is 0. The summed E-state index contributed by atoms with van der Waals surface area (Å²) in [6, 6.07) is 6.64. The highest BCUT2D eigenvalue weighted by Gasteiger charge is 2.28. The molecule has 126 valence electrons. The SMILES string of the molecule is C#CCNC(=O)c1ccccc1NCc1nccn1CC(F)(F)F. The molecule has 1 aromatic carbocycles. The number of hydrogen-bond donors (Lipinski definition) is 2. The molecule has 0 unspecified atom stereocenters. The van der Waals surface area contributed by atoms with E-state index in [0.717, 1.165) is 4.57 Å². The van der Waals surface area contributed by atoms with Gasteiger partial charge in [-0.25, -0.2) is 4.98 Å². The van der Waals surface area contributed by atoms with Crippen molar-refractivity contribution in [3.8, 4) is 12.3 Å². The van der Waals surface area contributed by atoms with E-state index in [4.69, 9.17) is 6.42 Å². The minimum Gasteiger partial charge on any atom is -0.377 e. The number of rotatable bonds is 6. The summed E-state index contributed by atoms with van der Waals surface area (Å²) in [6.07, 6.45) is 3.33. The third-order valence-electron chi connectivity index (χ3n) is 3.11. The second kappa shape index (κ2) is 7.55. The Hall–Kier alpha value is -2.95. The molecule has 1 amide bonds. The molecule has 0 aliphatic carbocycles. The first-order valence-electron chi connectivity index (χ1n) is 7.02. The molecule has 0 radical (unpaired) electrons. The fourth-order valence-electron chi connectivity index (χ4n) is 2.08. The van der Waals surface area contributed by atoms with Crippen LogP contribution < -0.4 is 10.6 Å². The lowest BCUT2D eigenvalue weighted by atomic mass is 10.1. The molecular weight excluding hydrogens is 321 g/mol. The van der Waals surface area contributed by atoms with Gasteiger partial charge in [0.2, 0.25) is 0 Å². The molecule has 0 saturated carbocycles. The first kappa shape index (κ1) is 17.4. The van der Waals surface area contributed by atoms with Gasteiger partial charge in [0, 0.05) is 18.1 Å². The van der Waals surface area contributed by atoms with Gasteiger partial charge >= 0.3 is 6.18 Å². The number of hydrogen-bond acceptors (Lipinski definition) is 3. The molecule has 0 atom stereocenters. The van der Waals surface area contributed by atoms with E-state index in [1.807, 2.05) is 0 Å². The standard InChI is InChI=1S/C16H15F3N4O/c1-2-7-21-15(24)12-5-3-4-6-13(12)22-10-14-20-8-9-23(14)11-16(17,18)19/h1,3-6,8-9,22H,7,10-11H2,(H,21,24). The number of anilines is 1. The fraction of sp³-hybridized carbons (Fsp3) is 0.250. The van der Waals surface area contributed by atoms with Crippen molar-refractivity contribution < 1.29 is 18.0 Å². The third kappa shape index (κ3) is 4.78. The van der Waals surface area contributed by atoms with Gasteiger partial charge in [-0.1, -0.05) is 18.1 Å². The minimum absolute atomic E-state index is 0.0442. The second-order valence-corrected chi connectivity index (χ2v) is 4.87. The molecule has 1 heterocycles. The summed E-state index contributed by atoms with van der Waals surface area (Å²) in [5.41, 5.74) is 0.829. The van der Waals surface area contributed by atoms with E-state index in [1.165, 1.54) is 12.4 Å². The van der Waals surface area contributed by atoms with Crippen molar-refractivity contribution in [2.24, 2.45) is 0 Å². The Labute approximate surface area is 136 Å². The van der Waals surface area contributed by atoms with Crippen LogP contribution in [0.2, 0.25) is 0 Å². The van der Waals surface area contributed by atoms with Gasteiger partial charge in [-0.15, -0.1) is 6.42 Å². The first-order valence-corrected chi connectivity index (χ1v) is 7.02. The molecule has 0 fully saturated rings. The van der Waals surface area contributed by atoms with Gasteiger partial charge in [0.15, 0.2) is 0 Å². The Kier molecular flexibility index (Phi) is 5.47. The van der Waals surface area contributed by atoms with Crippen LogP contribution >= 0.6 is 0 Å². The lowest BCUT2D eigenvalue weighted by Gasteiger charge is -2.13. The number of benzene rings is 1. The molecule has 5 nitrogen and oxygen atoms in total. The predicted molar refractivity (Wildman–Crippen MR) is 83.2 cm³/mol. The predicted octanol–water partition coefficient (Wildman–Crippen LogP) is 2.42. The van der Waals surface area contributed by atoms with Crippen LogP contribution in [0.1, 0.15) is 16.2 Å². The summed E-state index contributed by atoms with van der Waals surface area (Å²) in [4.78, 5) is 15.9. The number of terminal acetylenes is 1. The molecule has 0 spiro atoms. The van der Waals surface area contributed by atoms with Gasteiger partial charge in [0.05, 0.1) is 18.7 Å². The smallest absolute Gasteiger partial charge is 0.377 e. The van der Waals surface area contributed by atoms with E-state index in [9.17, 15) is 18.0 Å². The molecule has 2 rings (SSSR count). The molecule has 1 aromatic heterocycles. The average Bonchev–Trinajstić information content (AvgIpc) is 2.96. The monoisotopic (exact) mass is 336 g/mol. The van der Waals surface area contributed by atoms with Crippen molar-refractivity contribution >= 4 is 11.6 Å². The number of alkyl halides is 3. The summed E-state index contributed by atoms with van der Waals surface area (Å²) < 4.78 is 38.5. The highest BCUT2D eigenvalue weighted by Crippen LogP contribution is 2.19. The quantitative estimate of drug-likeness (QED) is 0.797. The number of aromatic nitrogens is 2. The van der Waals surface area contributed by atoms with Crippen LogP contribution in [0.3, 0.4) is 0 Å². The number of carbonyl (C=O) groups is 1. The van der Waals surface area contributed by atoms with Crippen LogP contribution in [0.4, 0.5) is 18.9 Å². The number of nitrogens with one attached hydrogen (secondary N) is 2. The normalized spacial score (nSPS) is 10.9. The third-order valence-corrected chi connectivity index (χ3v) is 3.11. The van der Waals surface area contributed by atoms with Gasteiger partial charge in [-0.05, 0) is 12.1 Å². The van der Waals surface area contributed by atoms with E-state index in [2.05, 4.69) is 21.5 Å². The maximum Gasteiger partial charge on any atom is 0.406 e. The Morgan fingerprint density at radius 3 is 2.79 bits per heavy atom. The zero-order chi connectivity index (χ0) is 17.6. The topological polar surface area (TPSA) is 59.0 Å². The van der Waals surface area contributed by atoms with Gasteiger partial charge < -0.3 is 15.2 Å². The number of halogens is 3. The largest absolute Gasteiger partial charge is 0.406 e. The molecule has 0 aliphatic heterocycles. The summed E-state index contributed by atoms with van der Waals surface area (Å²) in [6.45, 7) is -0.986. The van der Waals surface area contributed by atoms with Crippen molar-refractivity contribution in [2.45, 2.75) is 19.3 Å². The van der Waals surface area contributed by atoms with E-state index >= 15 is 0 Å². The molecule has 8 heteroatoms. The van der Waals surface area contributed by atoms with E-state index in [1.54, 1.807) is 24.3 Å². The minimum atomic E-state index is -4.33. The first-order chi connectivity index (χ1) is 11.4. The molecule has 2 aromatic rings. The maximum atomic E-state index is 12.5. The summed E-state index contributed by atoms with van der Waals surface area (Å²) in [5.74, 6) is 2.15. The molecule has 0 bridgehead atoms. The van der Waals surface area contributed by atoms with Gasteiger partial charge in [0.25, 0.3) is 5.91 Å². The molecule has 2 N–H and O–H groups in total. The van der Waals surface area contributed by atoms with Crippen molar-refractivity contribution in [3.05, 3.63) is 48.0 Å². The van der Waals surface area contributed by atoms with E-state index in [0.29, 0.717) is 11.3 Å². The summed E-state index contributed by atoms with van der Waals surface area (Å²) in [5, 5.41) is 5.48. The zero-order valence-corrected chi connectivity index (χ0v) is 12.6. The van der Waals surface area contributed by atoms with Crippen LogP contribution in [-0.2, 0) is 13.1 Å². The van der Waals surface area contributed by atoms with Crippen LogP contribution in [0.25, 0.3) is 0 Å². The van der Waals surface area contributed by atoms with Crippen molar-refractivity contribution in [3.63, 3.8) is 0 Å². The van der Waals surface area contributed by atoms with Crippen LogP contribution in [-0.4, -0.2) is 28.2 Å². The number of nitrogens with zero attached hydrogens (tertiary/aromatic N) is 2. The number of amides is 1. The lowest BCUT2D eigenvalue weighted by Crippen LogP contribution is -2.25. The average molecular weight is 336 g/mol. The molecule has 24 heavy (non-hydrogen) atoms. The van der Waals surface area contributed by atoms with Gasteiger partial charge in [-0.3, -0.25) is 4.79 Å². The van der Waals surface area contributed by atoms with Crippen molar-refractivity contribution in [1.29, 1.82) is 0 Å². The van der Waals surface area contributed by atoms with Crippen LogP contribution in [0.15, 0.2) is 36.7 Å². The lowest BCUT2D eigenvalue weighted by molar-refractivity contribution is -0.141. The van der Waals surface area contributed by atoms with E-state index < -0.39 is 12.7 Å². The Morgan fingerprint density at radius 1 is 1.33 bits per heavy atom. The zero-order valence-electron chi connectivity index (χ0n) is 12.6. The Balaban J connectivity index is 2.10.